The van der Waals surface area contributed by atoms with Crippen LogP contribution in [0.2, 0.25) is 6.04 Å². The summed E-state index contributed by atoms with van der Waals surface area (Å²) < 4.78 is 0.860. The van der Waals surface area contributed by atoms with Gasteiger partial charge in [0.2, 0.25) is 0 Å². The van der Waals surface area contributed by atoms with Crippen molar-refractivity contribution < 1.29 is 4.39 Å². The van der Waals surface area contributed by atoms with E-state index in [0.29, 0.717) is 7.41 Å². The van der Waals surface area contributed by atoms with Gasteiger partial charge < -0.3 is 4.39 Å². The van der Waals surface area contributed by atoms with Gasteiger partial charge in [0.05, 0.1) is 12.5 Å². The normalized spacial score (nSPS) is 10.9. The quantitative estimate of drug-likeness (QED) is 0.481. The van der Waals surface area contributed by atoms with Gasteiger partial charge in [-0.25, -0.2) is 5.26 Å². The largest absolute Gasteiger partial charge is 0.506 e. The van der Waals surface area contributed by atoms with Crippen LogP contribution in [-0.2, 0) is 0 Å². The molecule has 0 fully saturated rings. The van der Waals surface area contributed by atoms with Gasteiger partial charge in [-0.05, 0) is 6.42 Å². The predicted octanol–water partition coefficient (Wildman–Crippen LogP) is -0.931. The molecule has 0 unspecified atom stereocenters. The molecule has 0 saturated heterocycles. The first-order valence-electron chi connectivity index (χ1n) is 3.81. The lowest BCUT2D eigenvalue weighted by atomic mass is 9.91. The fourth-order valence-electron chi connectivity index (χ4n) is 0.857. The molecule has 0 aromatic carbocycles. The summed E-state index contributed by atoms with van der Waals surface area (Å²) in [6, 6.07) is 1.35. The third-order valence-corrected chi connectivity index (χ3v) is 2.32. The monoisotopic (exact) mass is 155 g/mol. The molecule has 0 radical (unpaired) electrons. The molecule has 0 rings (SSSR count). The smallest absolute Gasteiger partial charge is 0.389 e. The molecule has 0 aromatic rings. The molecule has 0 atom stereocenters. The second-order valence-corrected chi connectivity index (χ2v) is 4.33. The van der Waals surface area contributed by atoms with Crippen molar-refractivity contribution in [3.8, 4) is 5.97 Å². The Hall–Kier alpha value is -0.268. The van der Waals surface area contributed by atoms with Crippen molar-refractivity contribution in [3.63, 3.8) is 0 Å². The fraction of sp³-hybridized carbons (Fsp3) is 0.833. The Morgan fingerprint density at radius 2 is 2.20 bits per heavy atom. The van der Waals surface area contributed by atoms with Crippen LogP contribution in [0.15, 0.2) is 0 Å². The molecule has 0 aliphatic rings. The summed E-state index contributed by atoms with van der Waals surface area (Å²) in [5.74, 6) is 2.20. The van der Waals surface area contributed by atoms with Crippen molar-refractivity contribution in [3.05, 3.63) is 0 Å². The van der Waals surface area contributed by atoms with E-state index >= 15 is 0 Å². The third kappa shape index (κ3) is 4.60. The predicted molar refractivity (Wildman–Crippen MR) is 49.1 cm³/mol. The number of nitriles is 1. The minimum absolute atomic E-state index is 0.640. The van der Waals surface area contributed by atoms with Crippen molar-refractivity contribution in [2.45, 2.75) is 12.5 Å². The van der Waals surface area contributed by atoms with Gasteiger partial charge in [0.25, 0.3) is 0 Å². The molecule has 4 heteroatoms. The average Bonchev–Trinajstić information content (AvgIpc) is 1.84. The van der Waals surface area contributed by atoms with Crippen LogP contribution in [0.1, 0.15) is 6.42 Å². The molecule has 0 saturated carbocycles. The highest BCUT2D eigenvalue weighted by atomic mass is 28.1. The van der Waals surface area contributed by atoms with Gasteiger partial charge in [-0.2, -0.15) is 0 Å². The van der Waals surface area contributed by atoms with Gasteiger partial charge in [-0.15, -0.1) is 0 Å². The maximum Gasteiger partial charge on any atom is 0.506 e. The van der Waals surface area contributed by atoms with E-state index in [2.05, 4.69) is 20.1 Å². The summed E-state index contributed by atoms with van der Waals surface area (Å²) in [5, 5.41) is 8.44. The van der Waals surface area contributed by atoms with Crippen LogP contribution in [0.4, 0.5) is 0 Å². The standard InChI is InChI=1S/C6H16BN2Si/c1-9(2,7-6-8)4-3-5-10/h7H,3-5H2,1-2,10H3/q+1. The Morgan fingerprint density at radius 3 is 2.60 bits per heavy atom. The van der Waals surface area contributed by atoms with Crippen LogP contribution in [0.3, 0.4) is 0 Å². The topological polar surface area (TPSA) is 23.8 Å². The van der Waals surface area contributed by atoms with Gasteiger partial charge >= 0.3 is 7.41 Å². The highest BCUT2D eigenvalue weighted by Crippen LogP contribution is 1.97. The minimum Gasteiger partial charge on any atom is -0.389 e. The lowest BCUT2D eigenvalue weighted by molar-refractivity contribution is -0.777. The molecular formula is C6H16BN2Si+. The van der Waals surface area contributed by atoms with Crippen molar-refractivity contribution in [1.82, 2.24) is 0 Å². The molecule has 0 spiro atoms. The molecule has 10 heavy (non-hydrogen) atoms. The summed E-state index contributed by atoms with van der Waals surface area (Å²) >= 11 is 0. The Balaban J connectivity index is 3.55. The van der Waals surface area contributed by atoms with Gasteiger partial charge in [0.1, 0.15) is 0 Å². The molecule has 0 heterocycles. The summed E-state index contributed by atoms with van der Waals surface area (Å²) in [4.78, 5) is 0. The van der Waals surface area contributed by atoms with E-state index in [0.717, 1.165) is 10.9 Å². The van der Waals surface area contributed by atoms with Crippen LogP contribution in [-0.4, -0.2) is 42.7 Å². The molecule has 0 aliphatic heterocycles. The van der Waals surface area contributed by atoms with E-state index in [-0.39, 0.29) is 0 Å². The van der Waals surface area contributed by atoms with Gasteiger partial charge in [-0.3, -0.25) is 0 Å². The molecule has 0 aliphatic carbocycles. The zero-order chi connectivity index (χ0) is 8.04. The number of nitrogens with zero attached hydrogens (tertiary/aromatic N) is 2. The molecular weight excluding hydrogens is 139 g/mol. The van der Waals surface area contributed by atoms with Crippen molar-refractivity contribution in [2.75, 3.05) is 20.6 Å². The van der Waals surface area contributed by atoms with E-state index in [4.69, 9.17) is 5.26 Å². The molecule has 0 bridgehead atoms. The van der Waals surface area contributed by atoms with Gasteiger partial charge in [0.15, 0.2) is 0 Å². The second kappa shape index (κ2) is 4.53. The SMILES string of the molecule is C[N+](C)(BC#N)CCC[SiH3]. The number of hydrogen-bond donors (Lipinski definition) is 0. The first-order valence-corrected chi connectivity index (χ1v) is 5.23. The van der Waals surface area contributed by atoms with E-state index in [1.165, 1.54) is 22.7 Å². The van der Waals surface area contributed by atoms with Crippen molar-refractivity contribution >= 4 is 17.7 Å². The number of hydrogen-bond acceptors (Lipinski definition) is 1. The number of quaternary nitrogens is 1. The summed E-state index contributed by atoms with van der Waals surface area (Å²) in [6.07, 6.45) is 1.28. The van der Waals surface area contributed by atoms with Gasteiger partial charge in [-0.1, -0.05) is 6.04 Å². The van der Waals surface area contributed by atoms with Gasteiger partial charge in [0, 0.05) is 24.3 Å². The Bertz CT molecular complexity index is 130. The van der Waals surface area contributed by atoms with E-state index < -0.39 is 0 Å². The van der Waals surface area contributed by atoms with Crippen molar-refractivity contribution in [1.29, 1.82) is 5.26 Å². The lowest BCUT2D eigenvalue weighted by Crippen LogP contribution is -2.43. The number of rotatable bonds is 4. The first-order chi connectivity index (χ1) is 4.62. The van der Waals surface area contributed by atoms with E-state index in [9.17, 15) is 0 Å². The average molecular weight is 155 g/mol. The van der Waals surface area contributed by atoms with Crippen LogP contribution >= 0.6 is 0 Å². The third-order valence-electron chi connectivity index (χ3n) is 1.62. The minimum atomic E-state index is 0.640. The zero-order valence-corrected chi connectivity index (χ0v) is 9.22. The summed E-state index contributed by atoms with van der Waals surface area (Å²) in [6.45, 7) is 1.15. The van der Waals surface area contributed by atoms with Crippen LogP contribution < -0.4 is 0 Å². The Kier molecular flexibility index (Phi) is 4.41. The van der Waals surface area contributed by atoms with Crippen LogP contribution in [0.5, 0.6) is 0 Å². The fourth-order valence-corrected chi connectivity index (χ4v) is 1.17. The molecule has 0 N–H and O–H groups in total. The van der Waals surface area contributed by atoms with Crippen LogP contribution in [0.25, 0.3) is 0 Å². The highest BCUT2D eigenvalue weighted by Gasteiger charge is 2.15. The molecule has 0 amide bonds. The molecule has 2 nitrogen and oxygen atoms in total. The van der Waals surface area contributed by atoms with E-state index in [1.807, 2.05) is 0 Å². The Morgan fingerprint density at radius 1 is 1.60 bits per heavy atom. The summed E-state index contributed by atoms with van der Waals surface area (Å²) in [7, 11) is 6.16. The first kappa shape index (κ1) is 9.73. The van der Waals surface area contributed by atoms with Crippen molar-refractivity contribution in [2.24, 2.45) is 0 Å². The Labute approximate surface area is 67.1 Å². The molecule has 0 aromatic heterocycles. The summed E-state index contributed by atoms with van der Waals surface area (Å²) in [5.41, 5.74) is 0. The zero-order valence-electron chi connectivity index (χ0n) is 7.22. The molecule has 56 valence electrons. The second-order valence-electron chi connectivity index (χ2n) is 3.33. The highest BCUT2D eigenvalue weighted by molar-refractivity contribution is 6.36. The van der Waals surface area contributed by atoms with Crippen LogP contribution in [0, 0.1) is 11.2 Å². The maximum atomic E-state index is 8.44. The lowest BCUT2D eigenvalue weighted by Gasteiger charge is -2.26. The maximum absolute atomic E-state index is 8.44. The van der Waals surface area contributed by atoms with E-state index in [1.54, 1.807) is 0 Å².